The van der Waals surface area contributed by atoms with Crippen molar-refractivity contribution in [2.75, 3.05) is 19.6 Å². The molecule has 0 aromatic heterocycles. The fourth-order valence-corrected chi connectivity index (χ4v) is 3.61. The molecule has 0 saturated carbocycles. The van der Waals surface area contributed by atoms with Crippen molar-refractivity contribution in [2.24, 2.45) is 28.9 Å². The van der Waals surface area contributed by atoms with Gasteiger partial charge in [-0.05, 0) is 44.2 Å². The van der Waals surface area contributed by atoms with E-state index in [9.17, 15) is 32.3 Å². The summed E-state index contributed by atoms with van der Waals surface area (Å²) in [4.78, 5) is 60.1. The maximum Gasteiger partial charge on any atom is 0.490 e. The van der Waals surface area contributed by atoms with Crippen molar-refractivity contribution >= 4 is 41.4 Å². The summed E-state index contributed by atoms with van der Waals surface area (Å²) in [7, 11) is 0. The third kappa shape index (κ3) is 16.6. The van der Waals surface area contributed by atoms with Gasteiger partial charge >= 0.3 is 12.1 Å². The Morgan fingerprint density at radius 2 is 1.43 bits per heavy atom. The van der Waals surface area contributed by atoms with Gasteiger partial charge in [0, 0.05) is 18.7 Å². The van der Waals surface area contributed by atoms with Crippen LogP contribution in [0.25, 0.3) is 0 Å². The number of carboxylic acids is 1. The van der Waals surface area contributed by atoms with Crippen molar-refractivity contribution in [2.45, 2.75) is 50.4 Å². The van der Waals surface area contributed by atoms with Crippen molar-refractivity contribution < 1.29 is 42.3 Å². The van der Waals surface area contributed by atoms with Gasteiger partial charge in [-0.3, -0.25) is 30.0 Å². The number of amides is 4. The minimum atomic E-state index is -5.08. The van der Waals surface area contributed by atoms with Crippen LogP contribution in [-0.4, -0.2) is 84.4 Å². The number of nitrogen functional groups attached to an aromatic ring is 1. The van der Waals surface area contributed by atoms with E-state index in [2.05, 4.69) is 27.8 Å². The highest BCUT2D eigenvalue weighted by molar-refractivity contribution is 6.02. The van der Waals surface area contributed by atoms with Crippen molar-refractivity contribution in [1.82, 2.24) is 21.3 Å². The van der Waals surface area contributed by atoms with Gasteiger partial charge in [0.2, 0.25) is 23.6 Å². The van der Waals surface area contributed by atoms with E-state index in [4.69, 9.17) is 43.7 Å². The van der Waals surface area contributed by atoms with Crippen molar-refractivity contribution in [3.63, 3.8) is 0 Å². The lowest BCUT2D eigenvalue weighted by Crippen LogP contribution is -2.55. The van der Waals surface area contributed by atoms with Crippen LogP contribution in [0.5, 0.6) is 0 Å². The fourth-order valence-electron chi connectivity index (χ4n) is 3.61. The van der Waals surface area contributed by atoms with E-state index in [0.717, 1.165) is 0 Å². The quantitative estimate of drug-likeness (QED) is 0.0286. The van der Waals surface area contributed by atoms with Gasteiger partial charge in [-0.25, -0.2) is 4.79 Å². The van der Waals surface area contributed by atoms with Gasteiger partial charge in [0.25, 0.3) is 0 Å². The Kier molecular flexibility index (Phi) is 18.4. The summed E-state index contributed by atoms with van der Waals surface area (Å²) in [5.74, 6) is -6.93. The molecule has 0 saturated heterocycles. The Labute approximate surface area is 262 Å². The molecule has 16 nitrogen and oxygen atoms in total. The highest BCUT2D eigenvalue weighted by Crippen LogP contribution is 2.14. The number of hydrogen-bond acceptors (Lipinski definition) is 8. The maximum atomic E-state index is 13.3. The van der Waals surface area contributed by atoms with E-state index in [1.807, 2.05) is 0 Å². The van der Waals surface area contributed by atoms with E-state index >= 15 is 0 Å². The highest BCUT2D eigenvalue weighted by Gasteiger charge is 2.38. The van der Waals surface area contributed by atoms with Gasteiger partial charge in [0.15, 0.2) is 5.96 Å². The molecule has 0 fully saturated rings. The Morgan fingerprint density at radius 3 is 1.89 bits per heavy atom. The topological polar surface area (TPSA) is 305 Å². The minimum Gasteiger partial charge on any atom is -0.475 e. The number of carbonyl (C=O) groups is 5. The van der Waals surface area contributed by atoms with E-state index in [0.29, 0.717) is 30.5 Å². The van der Waals surface area contributed by atoms with Crippen LogP contribution in [-0.2, 0) is 30.4 Å². The SMILES string of the molecule is C=CCNC(=O)C(Cc1ccc(C(=N)N)cc1)C(=O)NC(CCCN)C(=O)N[C@@H](CCCNC(=N)N)C(N)=O.O=C(O)C(F)(F)F. The summed E-state index contributed by atoms with van der Waals surface area (Å²) in [5.41, 5.74) is 22.9. The average molecular weight is 659 g/mol. The van der Waals surface area contributed by atoms with E-state index < -0.39 is 53.8 Å². The van der Waals surface area contributed by atoms with Crippen LogP contribution in [0.2, 0.25) is 0 Å². The maximum absolute atomic E-state index is 13.3. The largest absolute Gasteiger partial charge is 0.490 e. The van der Waals surface area contributed by atoms with Crippen LogP contribution >= 0.6 is 0 Å². The first-order chi connectivity index (χ1) is 21.4. The predicted molar refractivity (Wildman–Crippen MR) is 162 cm³/mol. The van der Waals surface area contributed by atoms with Crippen LogP contribution in [0.15, 0.2) is 36.9 Å². The third-order valence-corrected chi connectivity index (χ3v) is 5.98. The number of benzene rings is 1. The Morgan fingerprint density at radius 1 is 0.891 bits per heavy atom. The molecular weight excluding hydrogens is 617 g/mol. The summed E-state index contributed by atoms with van der Waals surface area (Å²) in [6.45, 7) is 4.25. The smallest absolute Gasteiger partial charge is 0.475 e. The number of primary amides is 1. The molecule has 0 aliphatic heterocycles. The predicted octanol–water partition coefficient (Wildman–Crippen LogP) is -1.48. The molecule has 2 unspecified atom stereocenters. The number of carboxylic acid groups (broad SMARTS) is 1. The lowest BCUT2D eigenvalue weighted by molar-refractivity contribution is -0.192. The van der Waals surface area contributed by atoms with Crippen LogP contribution in [0.4, 0.5) is 13.2 Å². The molecule has 0 aliphatic carbocycles. The van der Waals surface area contributed by atoms with E-state index in [1.165, 1.54) is 6.08 Å². The molecule has 256 valence electrons. The van der Waals surface area contributed by atoms with Gasteiger partial charge in [0.05, 0.1) is 0 Å². The standard InChI is InChI=1S/C25H40N10O4.C2HF3O2/c1-2-12-32-22(37)17(14-15-7-9-16(10-8-15)20(27)28)23(38)35-19(5-3-11-26)24(39)34-18(21(29)36)6-4-13-33-25(30)31;3-2(4,5)1(6)7/h2,7-10,17-19H,1,3-6,11-14,26H2,(H3,27,28)(H2,29,36)(H,32,37)(H,34,39)(H,35,38)(H4,30,31,33);(H,6,7)/t17?,18-,19?;/m0./s1. The summed E-state index contributed by atoms with van der Waals surface area (Å²) in [6, 6.07) is 4.45. The van der Waals surface area contributed by atoms with Crippen LogP contribution in [0, 0.1) is 16.7 Å². The molecule has 0 radical (unpaired) electrons. The van der Waals surface area contributed by atoms with Gasteiger partial charge in [-0.1, -0.05) is 30.3 Å². The van der Waals surface area contributed by atoms with Gasteiger partial charge in [0.1, 0.15) is 23.8 Å². The molecule has 0 bridgehead atoms. The zero-order valence-electron chi connectivity index (χ0n) is 24.9. The number of aliphatic carboxylic acids is 1. The fraction of sp³-hybridized carbons (Fsp3) is 0.444. The Balaban J connectivity index is 0.00000258. The lowest BCUT2D eigenvalue weighted by Gasteiger charge is -2.24. The number of halogens is 3. The number of amidine groups is 1. The van der Waals surface area contributed by atoms with E-state index in [-0.39, 0.29) is 44.1 Å². The molecule has 4 amide bonds. The molecule has 19 heteroatoms. The number of carbonyl (C=O) groups excluding carboxylic acids is 4. The number of nitrogens with two attached hydrogens (primary N) is 4. The normalized spacial score (nSPS) is 12.5. The molecule has 3 atom stereocenters. The van der Waals surface area contributed by atoms with Crippen molar-refractivity contribution in [1.29, 1.82) is 10.8 Å². The lowest BCUT2D eigenvalue weighted by atomic mass is 9.95. The van der Waals surface area contributed by atoms with Crippen molar-refractivity contribution in [3.05, 3.63) is 48.0 Å². The summed E-state index contributed by atoms with van der Waals surface area (Å²) in [6.07, 6.45) is -2.46. The number of alkyl halides is 3. The molecule has 1 rings (SSSR count). The molecule has 1 aromatic carbocycles. The average Bonchev–Trinajstić information content (AvgIpc) is 2.97. The Bertz CT molecular complexity index is 1230. The molecule has 1 aromatic rings. The van der Waals surface area contributed by atoms with Gasteiger partial charge in [-0.2, -0.15) is 13.2 Å². The second kappa shape index (κ2) is 20.7. The zero-order chi connectivity index (χ0) is 35.4. The van der Waals surface area contributed by atoms with Crippen LogP contribution in [0.3, 0.4) is 0 Å². The molecule has 0 heterocycles. The molecular formula is C27H41F3N10O6. The van der Waals surface area contributed by atoms with Crippen molar-refractivity contribution in [3.8, 4) is 0 Å². The van der Waals surface area contributed by atoms with Crippen LogP contribution < -0.4 is 44.2 Å². The van der Waals surface area contributed by atoms with Gasteiger partial charge in [-0.15, -0.1) is 6.58 Å². The number of rotatable bonds is 18. The first kappa shape index (κ1) is 40.8. The Hall–Kier alpha value is -5.20. The summed E-state index contributed by atoms with van der Waals surface area (Å²) < 4.78 is 31.7. The number of guanidine groups is 1. The number of nitrogens with one attached hydrogen (secondary N) is 6. The van der Waals surface area contributed by atoms with Gasteiger partial charge < -0.3 is 49.3 Å². The summed E-state index contributed by atoms with van der Waals surface area (Å²) in [5, 5.41) is 32.2. The monoisotopic (exact) mass is 658 g/mol. The summed E-state index contributed by atoms with van der Waals surface area (Å²) >= 11 is 0. The molecule has 0 spiro atoms. The van der Waals surface area contributed by atoms with E-state index in [1.54, 1.807) is 24.3 Å². The van der Waals surface area contributed by atoms with Crippen LogP contribution in [0.1, 0.15) is 36.8 Å². The molecule has 46 heavy (non-hydrogen) atoms. The number of hydrogen-bond donors (Lipinski definition) is 11. The third-order valence-electron chi connectivity index (χ3n) is 5.98. The second-order valence-electron chi connectivity index (χ2n) is 9.64. The highest BCUT2D eigenvalue weighted by atomic mass is 19.4. The molecule has 0 aliphatic rings. The second-order valence-corrected chi connectivity index (χ2v) is 9.64. The first-order valence-electron chi connectivity index (χ1n) is 13.7. The minimum absolute atomic E-state index is 0.0191. The first-order valence-corrected chi connectivity index (χ1v) is 13.7. The molecule has 15 N–H and O–H groups in total. The zero-order valence-corrected chi connectivity index (χ0v) is 24.9.